The van der Waals surface area contributed by atoms with Crippen molar-refractivity contribution in [2.45, 2.75) is 0 Å². The molecule has 0 atom stereocenters. The minimum atomic E-state index is -0.351. The molecule has 1 saturated heterocycles. The Morgan fingerprint density at radius 2 is 2.00 bits per heavy atom. The second kappa shape index (κ2) is 8.62. The molecule has 8 heteroatoms. The molecule has 0 aromatic heterocycles. The van der Waals surface area contributed by atoms with Crippen LogP contribution in [0.5, 0.6) is 5.75 Å². The van der Waals surface area contributed by atoms with Crippen LogP contribution in [-0.4, -0.2) is 62.6 Å². The summed E-state index contributed by atoms with van der Waals surface area (Å²) in [7, 11) is 1.65. The molecule has 1 aromatic rings. The van der Waals surface area contributed by atoms with Crippen molar-refractivity contribution in [3.63, 3.8) is 0 Å². The van der Waals surface area contributed by atoms with E-state index in [1.165, 1.54) is 4.90 Å². The number of para-hydroxylation sites is 1. The van der Waals surface area contributed by atoms with Gasteiger partial charge >= 0.3 is 6.03 Å². The predicted octanol–water partition coefficient (Wildman–Crippen LogP) is -0.218. The van der Waals surface area contributed by atoms with Crippen LogP contribution in [0.25, 0.3) is 0 Å². The number of amides is 3. The zero-order valence-electron chi connectivity index (χ0n) is 13.0. The Morgan fingerprint density at radius 1 is 1.26 bits per heavy atom. The number of hydrogen-bond donors (Lipinski definition) is 3. The number of urea groups is 1. The van der Waals surface area contributed by atoms with Crippen LogP contribution in [-0.2, 0) is 4.79 Å². The van der Waals surface area contributed by atoms with Gasteiger partial charge in [-0.3, -0.25) is 14.7 Å². The number of benzene rings is 1. The first-order valence-electron chi connectivity index (χ1n) is 7.41. The van der Waals surface area contributed by atoms with Gasteiger partial charge in [0.05, 0.1) is 13.1 Å². The molecule has 3 amide bonds. The van der Waals surface area contributed by atoms with Gasteiger partial charge in [0, 0.05) is 20.1 Å². The van der Waals surface area contributed by atoms with Crippen LogP contribution >= 0.6 is 0 Å². The minimum Gasteiger partial charge on any atom is -0.492 e. The molecule has 1 heterocycles. The predicted molar refractivity (Wildman–Crippen MR) is 86.4 cm³/mol. The summed E-state index contributed by atoms with van der Waals surface area (Å²) in [6.07, 6.45) is 0. The van der Waals surface area contributed by atoms with Crippen molar-refractivity contribution in [1.29, 1.82) is 0 Å². The summed E-state index contributed by atoms with van der Waals surface area (Å²) in [5, 5.41) is 8.62. The summed E-state index contributed by atoms with van der Waals surface area (Å²) in [4.78, 5) is 28.1. The fraction of sp³-hybridized carbons (Fsp3) is 0.400. The highest BCUT2D eigenvalue weighted by atomic mass is 16.5. The van der Waals surface area contributed by atoms with Gasteiger partial charge in [0.1, 0.15) is 12.4 Å². The second-order valence-electron chi connectivity index (χ2n) is 4.79. The Morgan fingerprint density at radius 3 is 2.65 bits per heavy atom. The molecule has 2 rings (SSSR count). The van der Waals surface area contributed by atoms with E-state index in [1.54, 1.807) is 7.05 Å². The van der Waals surface area contributed by atoms with Gasteiger partial charge in [-0.2, -0.15) is 0 Å². The Bertz CT molecular complexity index is 545. The van der Waals surface area contributed by atoms with Crippen molar-refractivity contribution in [2.24, 2.45) is 4.99 Å². The highest BCUT2D eigenvalue weighted by Crippen LogP contribution is 2.07. The number of nitrogens with one attached hydrogen (secondary N) is 3. The molecule has 1 fully saturated rings. The third-order valence-electron chi connectivity index (χ3n) is 3.19. The molecule has 0 bridgehead atoms. The van der Waals surface area contributed by atoms with E-state index in [0.29, 0.717) is 32.2 Å². The van der Waals surface area contributed by atoms with E-state index in [4.69, 9.17) is 4.74 Å². The highest BCUT2D eigenvalue weighted by Gasteiger charge is 2.27. The maximum absolute atomic E-state index is 11.4. The number of aliphatic imine (C=N–C) groups is 1. The molecule has 3 N–H and O–H groups in total. The molecule has 0 spiro atoms. The zero-order valence-corrected chi connectivity index (χ0v) is 13.0. The largest absolute Gasteiger partial charge is 0.492 e. The molecule has 1 aromatic carbocycles. The van der Waals surface area contributed by atoms with Crippen LogP contribution in [0.2, 0.25) is 0 Å². The summed E-state index contributed by atoms with van der Waals surface area (Å²) in [6.45, 7) is 1.88. The van der Waals surface area contributed by atoms with Gasteiger partial charge in [0.2, 0.25) is 5.91 Å². The zero-order chi connectivity index (χ0) is 16.5. The van der Waals surface area contributed by atoms with Crippen molar-refractivity contribution >= 4 is 17.9 Å². The lowest BCUT2D eigenvalue weighted by molar-refractivity contribution is -0.124. The lowest BCUT2D eigenvalue weighted by Gasteiger charge is -2.15. The third kappa shape index (κ3) is 5.17. The van der Waals surface area contributed by atoms with Gasteiger partial charge in [-0.15, -0.1) is 0 Å². The van der Waals surface area contributed by atoms with E-state index in [9.17, 15) is 9.59 Å². The SMILES string of the molecule is CN=C(NCCOc1ccccc1)NCCN1C(=O)CNC1=O. The standard InChI is InChI=1S/C15H21N5O3/c1-16-14(17-7-9-20-13(21)11-19-15(20)22)18-8-10-23-12-5-3-2-4-6-12/h2-6H,7-11H2,1H3,(H,19,22)(H2,16,17,18). The average Bonchev–Trinajstić information content (AvgIpc) is 2.89. The summed E-state index contributed by atoms with van der Waals surface area (Å²) in [6, 6.07) is 9.20. The quantitative estimate of drug-likeness (QED) is 0.280. The Balaban J connectivity index is 1.62. The van der Waals surface area contributed by atoms with Gasteiger partial charge in [-0.25, -0.2) is 4.79 Å². The monoisotopic (exact) mass is 319 g/mol. The second-order valence-corrected chi connectivity index (χ2v) is 4.79. The number of hydrogen-bond acceptors (Lipinski definition) is 4. The summed E-state index contributed by atoms with van der Waals surface area (Å²) in [5.74, 6) is 1.19. The molecule has 8 nitrogen and oxygen atoms in total. The Hall–Kier alpha value is -2.77. The maximum atomic E-state index is 11.4. The Labute approximate surface area is 134 Å². The van der Waals surface area contributed by atoms with Crippen molar-refractivity contribution in [3.05, 3.63) is 30.3 Å². The van der Waals surface area contributed by atoms with E-state index in [2.05, 4.69) is 20.9 Å². The molecule has 1 aliphatic heterocycles. The van der Waals surface area contributed by atoms with E-state index in [1.807, 2.05) is 30.3 Å². The number of nitrogens with zero attached hydrogens (tertiary/aromatic N) is 2. The van der Waals surface area contributed by atoms with Crippen molar-refractivity contribution in [2.75, 3.05) is 39.8 Å². The van der Waals surface area contributed by atoms with E-state index in [-0.39, 0.29) is 18.5 Å². The first kappa shape index (κ1) is 16.6. The molecular formula is C15H21N5O3. The van der Waals surface area contributed by atoms with Crippen molar-refractivity contribution < 1.29 is 14.3 Å². The first-order chi connectivity index (χ1) is 11.2. The van der Waals surface area contributed by atoms with Crippen LogP contribution < -0.4 is 20.7 Å². The average molecular weight is 319 g/mol. The smallest absolute Gasteiger partial charge is 0.324 e. The van der Waals surface area contributed by atoms with Gasteiger partial charge < -0.3 is 20.7 Å². The summed E-state index contributed by atoms with van der Waals surface area (Å²) < 4.78 is 5.56. The van der Waals surface area contributed by atoms with Gasteiger partial charge in [-0.1, -0.05) is 18.2 Å². The molecule has 0 unspecified atom stereocenters. The molecule has 0 radical (unpaired) electrons. The van der Waals surface area contributed by atoms with Crippen LogP contribution in [0.4, 0.5) is 4.79 Å². The van der Waals surface area contributed by atoms with Crippen LogP contribution in [0.15, 0.2) is 35.3 Å². The minimum absolute atomic E-state index is 0.0721. The van der Waals surface area contributed by atoms with Gasteiger partial charge in [-0.05, 0) is 12.1 Å². The number of rotatable bonds is 7. The molecule has 0 saturated carbocycles. The highest BCUT2D eigenvalue weighted by molar-refractivity contribution is 6.01. The van der Waals surface area contributed by atoms with E-state index < -0.39 is 0 Å². The first-order valence-corrected chi connectivity index (χ1v) is 7.41. The summed E-state index contributed by atoms with van der Waals surface area (Å²) in [5.41, 5.74) is 0. The number of imide groups is 1. The number of guanidine groups is 1. The molecule has 1 aliphatic rings. The summed E-state index contributed by atoms with van der Waals surface area (Å²) >= 11 is 0. The number of ether oxygens (including phenoxy) is 1. The number of carbonyl (C=O) groups is 2. The lowest BCUT2D eigenvalue weighted by atomic mass is 10.3. The Kier molecular flexibility index (Phi) is 6.22. The van der Waals surface area contributed by atoms with Crippen molar-refractivity contribution in [3.8, 4) is 5.75 Å². The van der Waals surface area contributed by atoms with Crippen molar-refractivity contribution in [1.82, 2.24) is 20.9 Å². The molecule has 124 valence electrons. The van der Waals surface area contributed by atoms with Crippen LogP contribution in [0.3, 0.4) is 0 Å². The van der Waals surface area contributed by atoms with E-state index in [0.717, 1.165) is 5.75 Å². The lowest BCUT2D eigenvalue weighted by Crippen LogP contribution is -2.44. The molecule has 0 aliphatic carbocycles. The fourth-order valence-electron chi connectivity index (χ4n) is 2.04. The van der Waals surface area contributed by atoms with Gasteiger partial charge in [0.25, 0.3) is 0 Å². The number of carbonyl (C=O) groups excluding carboxylic acids is 2. The topological polar surface area (TPSA) is 95.1 Å². The fourth-order valence-corrected chi connectivity index (χ4v) is 2.04. The van der Waals surface area contributed by atoms with Crippen LogP contribution in [0.1, 0.15) is 0 Å². The van der Waals surface area contributed by atoms with E-state index >= 15 is 0 Å². The normalized spacial score (nSPS) is 14.7. The molecular weight excluding hydrogens is 298 g/mol. The van der Waals surface area contributed by atoms with Crippen LogP contribution in [0, 0.1) is 0 Å². The maximum Gasteiger partial charge on any atom is 0.324 e. The molecule has 23 heavy (non-hydrogen) atoms. The third-order valence-corrected chi connectivity index (χ3v) is 3.19. The van der Waals surface area contributed by atoms with Gasteiger partial charge in [0.15, 0.2) is 5.96 Å².